The highest BCUT2D eigenvalue weighted by atomic mass is 32.2. The molecule has 0 spiro atoms. The number of aromatic nitrogens is 3. The summed E-state index contributed by atoms with van der Waals surface area (Å²) in [6.45, 7) is 4.49. The fourth-order valence-electron chi connectivity index (χ4n) is 4.61. The topological polar surface area (TPSA) is 113 Å². The van der Waals surface area contributed by atoms with Gasteiger partial charge >= 0.3 is 5.97 Å². The van der Waals surface area contributed by atoms with Gasteiger partial charge in [-0.3, -0.25) is 9.79 Å². The largest absolute Gasteiger partial charge is 0.481 e. The van der Waals surface area contributed by atoms with Gasteiger partial charge in [0.2, 0.25) is 11.9 Å². The highest BCUT2D eigenvalue weighted by molar-refractivity contribution is 8.15. The van der Waals surface area contributed by atoms with Crippen LogP contribution in [0.15, 0.2) is 35.6 Å². The highest BCUT2D eigenvalue weighted by Crippen LogP contribution is 2.60. The molecule has 33 heavy (non-hydrogen) atoms. The van der Waals surface area contributed by atoms with Crippen molar-refractivity contribution in [1.82, 2.24) is 15.0 Å². The van der Waals surface area contributed by atoms with E-state index in [0.29, 0.717) is 29.0 Å². The van der Waals surface area contributed by atoms with Crippen LogP contribution in [0.2, 0.25) is 0 Å². The molecule has 0 aromatic carbocycles. The van der Waals surface area contributed by atoms with Crippen LogP contribution in [-0.4, -0.2) is 74.2 Å². The number of carbonyl (C=O) groups is 1. The first kappa shape index (κ1) is 22.0. The van der Waals surface area contributed by atoms with Gasteiger partial charge in [-0.2, -0.15) is 4.39 Å². The summed E-state index contributed by atoms with van der Waals surface area (Å²) in [6, 6.07) is 5.20. The summed E-state index contributed by atoms with van der Waals surface area (Å²) in [7, 11) is 0. The number of aliphatic carboxylic acids is 1. The number of halogens is 1. The van der Waals surface area contributed by atoms with E-state index in [0.717, 1.165) is 25.9 Å². The number of rotatable bonds is 8. The minimum Gasteiger partial charge on any atom is -0.481 e. The number of ether oxygens (including phenoxy) is 1. The van der Waals surface area contributed by atoms with E-state index in [2.05, 4.69) is 30.2 Å². The van der Waals surface area contributed by atoms with Crippen LogP contribution in [0.1, 0.15) is 25.3 Å². The van der Waals surface area contributed by atoms with E-state index < -0.39 is 23.4 Å². The lowest BCUT2D eigenvalue weighted by atomic mass is 10.1. The Morgan fingerprint density at radius 2 is 2.09 bits per heavy atom. The summed E-state index contributed by atoms with van der Waals surface area (Å²) in [5.41, 5.74) is -0.545. The maximum atomic E-state index is 15.0. The average molecular weight is 473 g/mol. The van der Waals surface area contributed by atoms with Gasteiger partial charge in [0.25, 0.3) is 0 Å². The van der Waals surface area contributed by atoms with E-state index >= 15 is 4.39 Å². The lowest BCUT2D eigenvalue weighted by molar-refractivity contribution is -0.138. The molecule has 11 heteroatoms. The fraction of sp³-hybridized carbons (Fsp3) is 0.500. The molecule has 3 atom stereocenters. The molecule has 0 radical (unpaired) electrons. The second-order valence-corrected chi connectivity index (χ2v) is 9.47. The SMILES string of the molecule is CCOC1CCN(c2ccc(C3=NC4(CNc5ncccn5)C(S3)C4C(=O)O)c(F)n2)CC1. The summed E-state index contributed by atoms with van der Waals surface area (Å²) >= 11 is 1.30. The smallest absolute Gasteiger partial charge is 0.310 e. The molecule has 3 unspecified atom stereocenters. The van der Waals surface area contributed by atoms with Gasteiger partial charge in [0, 0.05) is 38.6 Å². The summed E-state index contributed by atoms with van der Waals surface area (Å²) in [5.74, 6) is -1.13. The van der Waals surface area contributed by atoms with Crippen molar-refractivity contribution in [1.29, 1.82) is 0 Å². The van der Waals surface area contributed by atoms with Gasteiger partial charge in [0.15, 0.2) is 0 Å². The van der Waals surface area contributed by atoms with Gasteiger partial charge in [-0.1, -0.05) is 11.8 Å². The van der Waals surface area contributed by atoms with Crippen LogP contribution in [0.5, 0.6) is 0 Å². The predicted molar refractivity (Wildman–Crippen MR) is 123 cm³/mol. The molecule has 2 aromatic rings. The lowest BCUT2D eigenvalue weighted by Gasteiger charge is -2.32. The second-order valence-electron chi connectivity index (χ2n) is 8.34. The predicted octanol–water partition coefficient (Wildman–Crippen LogP) is 2.44. The Kier molecular flexibility index (Phi) is 5.92. The Bertz CT molecular complexity index is 1070. The van der Waals surface area contributed by atoms with E-state index in [4.69, 9.17) is 4.74 Å². The molecule has 3 aliphatic rings. The van der Waals surface area contributed by atoms with E-state index in [1.807, 2.05) is 13.0 Å². The van der Waals surface area contributed by atoms with Crippen LogP contribution in [0.4, 0.5) is 16.2 Å². The molecule has 2 aliphatic heterocycles. The van der Waals surface area contributed by atoms with Gasteiger partial charge in [-0.05, 0) is 38.0 Å². The highest BCUT2D eigenvalue weighted by Gasteiger charge is 2.73. The number of hydrogen-bond donors (Lipinski definition) is 2. The van der Waals surface area contributed by atoms with Gasteiger partial charge < -0.3 is 20.1 Å². The number of anilines is 2. The van der Waals surface area contributed by atoms with Gasteiger partial charge in [0.05, 0.1) is 22.8 Å². The molecular formula is C22H25FN6O3S. The van der Waals surface area contributed by atoms with Crippen molar-refractivity contribution in [3.63, 3.8) is 0 Å². The van der Waals surface area contributed by atoms with Crippen LogP contribution in [-0.2, 0) is 9.53 Å². The minimum absolute atomic E-state index is 0.250. The molecule has 1 saturated carbocycles. The number of carboxylic acid groups (broad SMARTS) is 1. The Morgan fingerprint density at radius 1 is 1.33 bits per heavy atom. The fourth-order valence-corrected chi connectivity index (χ4v) is 6.25. The monoisotopic (exact) mass is 472 g/mol. The molecular weight excluding hydrogens is 447 g/mol. The van der Waals surface area contributed by atoms with Gasteiger partial charge in [-0.15, -0.1) is 0 Å². The zero-order valence-corrected chi connectivity index (χ0v) is 19.0. The Morgan fingerprint density at radius 3 is 2.76 bits per heavy atom. The van der Waals surface area contributed by atoms with Crippen molar-refractivity contribution in [2.75, 3.05) is 36.5 Å². The van der Waals surface area contributed by atoms with E-state index in [1.54, 1.807) is 24.5 Å². The Labute approximate surface area is 194 Å². The summed E-state index contributed by atoms with van der Waals surface area (Å²) in [6.07, 6.45) is 5.23. The zero-order valence-electron chi connectivity index (χ0n) is 18.1. The first-order chi connectivity index (χ1) is 16.0. The van der Waals surface area contributed by atoms with Crippen LogP contribution >= 0.6 is 11.8 Å². The molecule has 0 bridgehead atoms. The Balaban J connectivity index is 1.31. The number of fused-ring (bicyclic) bond motifs is 1. The van der Waals surface area contributed by atoms with E-state index in [1.165, 1.54) is 11.8 Å². The molecule has 2 fully saturated rings. The van der Waals surface area contributed by atoms with Crippen LogP contribution < -0.4 is 10.2 Å². The van der Waals surface area contributed by atoms with Crippen molar-refractivity contribution >= 4 is 34.5 Å². The molecule has 0 amide bonds. The van der Waals surface area contributed by atoms with E-state index in [9.17, 15) is 9.90 Å². The Hall–Kier alpha value is -2.79. The molecule has 4 heterocycles. The number of hydrogen-bond acceptors (Lipinski definition) is 9. The molecule has 174 valence electrons. The third-order valence-corrected chi connectivity index (χ3v) is 7.84. The van der Waals surface area contributed by atoms with Crippen LogP contribution in [0, 0.1) is 11.9 Å². The number of pyridine rings is 1. The second kappa shape index (κ2) is 8.86. The number of aliphatic imine (C=N–C) groups is 1. The van der Waals surface area contributed by atoms with Gasteiger partial charge in [-0.25, -0.2) is 15.0 Å². The molecule has 9 nitrogen and oxygen atoms in total. The minimum atomic E-state index is -0.907. The normalized spacial score (nSPS) is 26.6. The quantitative estimate of drug-likeness (QED) is 0.559. The number of carboxylic acids is 1. The lowest BCUT2D eigenvalue weighted by Crippen LogP contribution is -2.37. The number of nitrogens with zero attached hydrogens (tertiary/aromatic N) is 5. The summed E-state index contributed by atoms with van der Waals surface area (Å²) < 4.78 is 20.7. The van der Waals surface area contributed by atoms with Crippen molar-refractivity contribution in [2.24, 2.45) is 10.9 Å². The third-order valence-electron chi connectivity index (χ3n) is 6.37. The maximum absolute atomic E-state index is 15.0. The summed E-state index contributed by atoms with van der Waals surface area (Å²) in [5, 5.41) is 12.9. The van der Waals surface area contributed by atoms with E-state index in [-0.39, 0.29) is 17.9 Å². The van der Waals surface area contributed by atoms with Crippen LogP contribution in [0.25, 0.3) is 0 Å². The molecule has 5 rings (SSSR count). The number of piperidine rings is 1. The van der Waals surface area contributed by atoms with Crippen molar-refractivity contribution < 1.29 is 19.0 Å². The number of thioether (sulfide) groups is 1. The first-order valence-corrected chi connectivity index (χ1v) is 11.9. The third kappa shape index (κ3) is 4.15. The molecule has 2 N–H and O–H groups in total. The van der Waals surface area contributed by atoms with Crippen molar-refractivity contribution in [3.05, 3.63) is 42.1 Å². The van der Waals surface area contributed by atoms with Crippen LogP contribution in [0.3, 0.4) is 0 Å². The van der Waals surface area contributed by atoms with Crippen molar-refractivity contribution in [2.45, 2.75) is 36.7 Å². The molecule has 2 aromatic heterocycles. The summed E-state index contributed by atoms with van der Waals surface area (Å²) in [4.78, 5) is 30.9. The van der Waals surface area contributed by atoms with Crippen molar-refractivity contribution in [3.8, 4) is 0 Å². The van der Waals surface area contributed by atoms with Gasteiger partial charge in [0.1, 0.15) is 16.4 Å². The molecule has 1 aliphatic carbocycles. The zero-order chi connectivity index (χ0) is 23.0. The first-order valence-electron chi connectivity index (χ1n) is 11.1. The number of nitrogens with one attached hydrogen (secondary N) is 1. The average Bonchev–Trinajstić information content (AvgIpc) is 3.29. The standard InChI is InChI=1S/C22H25FN6O3S/c1-2-32-13-6-10-29(11-7-13)15-5-4-14(18(23)27-15)19-28-22(16(20(30)31)17(22)33-19)12-26-21-24-8-3-9-25-21/h3-5,8-9,13,16-17H,2,6-7,10-12H2,1H3,(H,30,31)(H,24,25,26). The maximum Gasteiger partial charge on any atom is 0.310 e. The molecule has 1 saturated heterocycles.